The van der Waals surface area contributed by atoms with Gasteiger partial charge in [-0.3, -0.25) is 0 Å². The lowest BCUT2D eigenvalue weighted by molar-refractivity contribution is 0.252. The molecule has 0 heterocycles. The molecule has 1 aliphatic carbocycles. The van der Waals surface area contributed by atoms with Gasteiger partial charge in [-0.2, -0.15) is 5.26 Å². The number of benzene rings is 2. The largest absolute Gasteiger partial charge is 0.205 e. The van der Waals surface area contributed by atoms with E-state index in [1.54, 1.807) is 6.07 Å². The number of aryl methyl sites for hydroxylation is 1. The summed E-state index contributed by atoms with van der Waals surface area (Å²) in [5.41, 5.74) is 1.97. The molecule has 2 aromatic rings. The Bertz CT molecular complexity index is 773. The molecule has 142 valence electrons. The molecular formula is C24H27F2N. The van der Waals surface area contributed by atoms with Crippen molar-refractivity contribution in [3.63, 3.8) is 0 Å². The summed E-state index contributed by atoms with van der Waals surface area (Å²) in [7, 11) is 0. The average Bonchev–Trinajstić information content (AvgIpc) is 2.68. The van der Waals surface area contributed by atoms with Gasteiger partial charge in [0.2, 0.25) is 0 Å². The minimum atomic E-state index is -0.810. The van der Waals surface area contributed by atoms with Crippen molar-refractivity contribution in [2.24, 2.45) is 11.8 Å². The van der Waals surface area contributed by atoms with Crippen molar-refractivity contribution in [1.82, 2.24) is 0 Å². The summed E-state index contributed by atoms with van der Waals surface area (Å²) >= 11 is 0. The SMILES string of the molecule is CCC[C@H]1CC[C@H](CCc2ccc(-c3cc(F)c(C#N)c(F)c3)cc2)CC1. The number of nitrogens with zero attached hydrogens (tertiary/aromatic N) is 1. The summed E-state index contributed by atoms with van der Waals surface area (Å²) in [4.78, 5) is 0. The van der Waals surface area contributed by atoms with Gasteiger partial charge < -0.3 is 0 Å². The van der Waals surface area contributed by atoms with Crippen LogP contribution < -0.4 is 0 Å². The second-order valence-corrected chi connectivity index (χ2v) is 7.84. The summed E-state index contributed by atoms with van der Waals surface area (Å²) < 4.78 is 27.6. The zero-order valence-electron chi connectivity index (χ0n) is 16.0. The first-order valence-corrected chi connectivity index (χ1v) is 10.1. The highest BCUT2D eigenvalue weighted by atomic mass is 19.1. The molecular weight excluding hydrogens is 340 g/mol. The fourth-order valence-electron chi connectivity index (χ4n) is 4.30. The monoisotopic (exact) mass is 367 g/mol. The van der Waals surface area contributed by atoms with Gasteiger partial charge in [0.15, 0.2) is 0 Å². The van der Waals surface area contributed by atoms with Crippen LogP contribution in [0.1, 0.15) is 63.0 Å². The van der Waals surface area contributed by atoms with E-state index in [-0.39, 0.29) is 0 Å². The number of rotatable bonds is 6. The van der Waals surface area contributed by atoms with E-state index in [1.165, 1.54) is 62.6 Å². The molecule has 0 atom stereocenters. The van der Waals surface area contributed by atoms with Gasteiger partial charge in [-0.25, -0.2) is 8.78 Å². The fraction of sp³-hybridized carbons (Fsp3) is 0.458. The molecule has 0 spiro atoms. The van der Waals surface area contributed by atoms with Crippen LogP contribution in [0, 0.1) is 34.8 Å². The van der Waals surface area contributed by atoms with Crippen molar-refractivity contribution in [2.75, 3.05) is 0 Å². The number of nitriles is 1. The molecule has 0 aliphatic heterocycles. The van der Waals surface area contributed by atoms with E-state index >= 15 is 0 Å². The topological polar surface area (TPSA) is 23.8 Å². The summed E-state index contributed by atoms with van der Waals surface area (Å²) in [6, 6.07) is 11.9. The van der Waals surface area contributed by atoms with E-state index in [9.17, 15) is 8.78 Å². The molecule has 0 bridgehead atoms. The second-order valence-electron chi connectivity index (χ2n) is 7.84. The van der Waals surface area contributed by atoms with Gasteiger partial charge in [-0.1, -0.05) is 69.7 Å². The van der Waals surface area contributed by atoms with E-state index in [4.69, 9.17) is 5.26 Å². The molecule has 0 N–H and O–H groups in total. The van der Waals surface area contributed by atoms with Crippen LogP contribution in [-0.2, 0) is 6.42 Å². The van der Waals surface area contributed by atoms with Crippen molar-refractivity contribution < 1.29 is 8.78 Å². The zero-order valence-corrected chi connectivity index (χ0v) is 16.0. The Balaban J connectivity index is 1.58. The van der Waals surface area contributed by atoms with Crippen LogP contribution in [0.2, 0.25) is 0 Å². The highest BCUT2D eigenvalue weighted by Crippen LogP contribution is 2.34. The molecule has 0 saturated heterocycles. The average molecular weight is 367 g/mol. The summed E-state index contributed by atoms with van der Waals surface area (Å²) in [6.07, 6.45) is 10.4. The predicted molar refractivity (Wildman–Crippen MR) is 105 cm³/mol. The molecule has 3 rings (SSSR count). The van der Waals surface area contributed by atoms with Gasteiger partial charge in [-0.15, -0.1) is 0 Å². The molecule has 3 heteroatoms. The van der Waals surface area contributed by atoms with Crippen LogP contribution in [0.25, 0.3) is 11.1 Å². The molecule has 0 amide bonds. The van der Waals surface area contributed by atoms with E-state index in [0.29, 0.717) is 5.56 Å². The van der Waals surface area contributed by atoms with Crippen LogP contribution >= 0.6 is 0 Å². The first kappa shape index (κ1) is 19.5. The molecule has 0 radical (unpaired) electrons. The first-order valence-electron chi connectivity index (χ1n) is 10.1. The highest BCUT2D eigenvalue weighted by molar-refractivity contribution is 5.65. The lowest BCUT2D eigenvalue weighted by Crippen LogP contribution is -2.15. The van der Waals surface area contributed by atoms with Crippen LogP contribution in [0.15, 0.2) is 36.4 Å². The quantitative estimate of drug-likeness (QED) is 0.537. The Morgan fingerprint density at radius 2 is 1.44 bits per heavy atom. The number of hydrogen-bond acceptors (Lipinski definition) is 1. The summed E-state index contributed by atoms with van der Waals surface area (Å²) in [5.74, 6) is 0.156. The van der Waals surface area contributed by atoms with Gasteiger partial charge in [0, 0.05) is 0 Å². The molecule has 27 heavy (non-hydrogen) atoms. The van der Waals surface area contributed by atoms with E-state index in [2.05, 4.69) is 6.92 Å². The van der Waals surface area contributed by atoms with Crippen molar-refractivity contribution in [1.29, 1.82) is 5.26 Å². The lowest BCUT2D eigenvalue weighted by atomic mass is 9.78. The van der Waals surface area contributed by atoms with Crippen LogP contribution in [0.5, 0.6) is 0 Å². The lowest BCUT2D eigenvalue weighted by Gasteiger charge is -2.28. The van der Waals surface area contributed by atoms with Crippen LogP contribution in [-0.4, -0.2) is 0 Å². The maximum absolute atomic E-state index is 13.8. The molecule has 2 aromatic carbocycles. The second kappa shape index (κ2) is 9.13. The van der Waals surface area contributed by atoms with Crippen LogP contribution in [0.3, 0.4) is 0 Å². The Labute approximate surface area is 161 Å². The van der Waals surface area contributed by atoms with Crippen molar-refractivity contribution in [3.8, 4) is 17.2 Å². The summed E-state index contributed by atoms with van der Waals surface area (Å²) in [6.45, 7) is 2.27. The van der Waals surface area contributed by atoms with E-state index in [0.717, 1.165) is 23.8 Å². The molecule has 1 nitrogen and oxygen atoms in total. The number of hydrogen-bond donors (Lipinski definition) is 0. The third-order valence-corrected chi connectivity index (χ3v) is 5.95. The van der Waals surface area contributed by atoms with Crippen LogP contribution in [0.4, 0.5) is 8.78 Å². The summed E-state index contributed by atoms with van der Waals surface area (Å²) in [5, 5.41) is 8.77. The first-order chi connectivity index (χ1) is 13.1. The Morgan fingerprint density at radius 1 is 0.889 bits per heavy atom. The smallest absolute Gasteiger partial charge is 0.144 e. The molecule has 0 unspecified atom stereocenters. The van der Waals surface area contributed by atoms with E-state index < -0.39 is 17.2 Å². The normalized spacial score (nSPS) is 19.6. The number of halogens is 2. The molecule has 1 saturated carbocycles. The minimum absolute atomic E-state index is 0.463. The zero-order chi connectivity index (χ0) is 19.2. The third kappa shape index (κ3) is 4.95. The van der Waals surface area contributed by atoms with Crippen molar-refractivity contribution in [2.45, 2.75) is 58.3 Å². The maximum atomic E-state index is 13.8. The van der Waals surface area contributed by atoms with Gasteiger partial charge in [0.25, 0.3) is 0 Å². The van der Waals surface area contributed by atoms with Gasteiger partial charge >= 0.3 is 0 Å². The van der Waals surface area contributed by atoms with Gasteiger partial charge in [-0.05, 0) is 53.5 Å². The standard InChI is InChI=1S/C24H27F2N/c1-2-3-17-4-6-18(7-5-17)8-9-19-10-12-20(13-11-19)21-14-23(25)22(16-27)24(26)15-21/h10-15,17-18H,2-9H2,1H3/t17-,18-. The molecule has 1 aliphatic rings. The van der Waals surface area contributed by atoms with Crippen molar-refractivity contribution in [3.05, 3.63) is 59.2 Å². The third-order valence-electron chi connectivity index (χ3n) is 5.95. The molecule has 0 aromatic heterocycles. The Hall–Kier alpha value is -2.21. The predicted octanol–water partition coefficient (Wildman–Crippen LogP) is 7.04. The van der Waals surface area contributed by atoms with Gasteiger partial charge in [0.1, 0.15) is 23.3 Å². The minimum Gasteiger partial charge on any atom is -0.205 e. The molecule has 1 fully saturated rings. The Morgan fingerprint density at radius 3 is 1.96 bits per heavy atom. The van der Waals surface area contributed by atoms with E-state index in [1.807, 2.05) is 24.3 Å². The van der Waals surface area contributed by atoms with Gasteiger partial charge in [0.05, 0.1) is 0 Å². The van der Waals surface area contributed by atoms with Crippen molar-refractivity contribution >= 4 is 0 Å². The Kier molecular flexibility index (Phi) is 6.61. The fourth-order valence-corrected chi connectivity index (χ4v) is 4.30. The maximum Gasteiger partial charge on any atom is 0.144 e. The highest BCUT2D eigenvalue weighted by Gasteiger charge is 2.20.